The highest BCUT2D eigenvalue weighted by Gasteiger charge is 2.27. The molecule has 0 radical (unpaired) electrons. The summed E-state index contributed by atoms with van der Waals surface area (Å²) in [6.45, 7) is 7.97. The molecule has 1 aliphatic heterocycles. The van der Waals surface area contributed by atoms with Crippen molar-refractivity contribution in [2.45, 2.75) is 45.3 Å². The Morgan fingerprint density at radius 1 is 1.06 bits per heavy atom. The summed E-state index contributed by atoms with van der Waals surface area (Å²) in [5, 5.41) is 3.07. The molecule has 1 fully saturated rings. The highest BCUT2D eigenvalue weighted by molar-refractivity contribution is 5.92. The van der Waals surface area contributed by atoms with Crippen molar-refractivity contribution in [2.75, 3.05) is 31.1 Å². The third kappa shape index (κ3) is 4.95. The summed E-state index contributed by atoms with van der Waals surface area (Å²) in [4.78, 5) is 37.4. The number of ether oxygens (including phenoxy) is 1. The molecule has 2 aliphatic rings. The molecule has 2 amide bonds. The van der Waals surface area contributed by atoms with E-state index in [1.54, 1.807) is 11.1 Å². The van der Waals surface area contributed by atoms with Crippen LogP contribution < -0.4 is 10.2 Å². The van der Waals surface area contributed by atoms with Gasteiger partial charge in [0, 0.05) is 26.2 Å². The highest BCUT2D eigenvalue weighted by Crippen LogP contribution is 2.30. The van der Waals surface area contributed by atoms with E-state index in [2.05, 4.69) is 32.3 Å². The average molecular weight is 424 g/mol. The molecule has 164 valence electrons. The van der Waals surface area contributed by atoms with E-state index >= 15 is 0 Å². The van der Waals surface area contributed by atoms with Gasteiger partial charge in [-0.2, -0.15) is 0 Å². The van der Waals surface area contributed by atoms with Gasteiger partial charge in [-0.25, -0.2) is 14.8 Å². The summed E-state index contributed by atoms with van der Waals surface area (Å²) in [6.07, 6.45) is 4.73. The van der Waals surface area contributed by atoms with Crippen LogP contribution in [0.1, 0.15) is 54.8 Å². The summed E-state index contributed by atoms with van der Waals surface area (Å²) in [5.41, 5.74) is 2.28. The Balaban J connectivity index is 1.32. The lowest BCUT2D eigenvalue weighted by atomic mass is 10.1. The number of amides is 2. The lowest BCUT2D eigenvalue weighted by Gasteiger charge is -2.36. The molecule has 1 N–H and O–H groups in total. The van der Waals surface area contributed by atoms with Crippen LogP contribution in [0.2, 0.25) is 0 Å². The smallest absolute Gasteiger partial charge is 0.410 e. The molecule has 2 heterocycles. The number of hydrogen-bond donors (Lipinski definition) is 1. The van der Waals surface area contributed by atoms with Crippen LogP contribution in [-0.2, 0) is 11.2 Å². The minimum atomic E-state index is -0.503. The van der Waals surface area contributed by atoms with Crippen molar-refractivity contribution in [1.82, 2.24) is 20.2 Å². The molecular weight excluding hydrogens is 394 g/mol. The van der Waals surface area contributed by atoms with E-state index in [-0.39, 0.29) is 18.0 Å². The van der Waals surface area contributed by atoms with E-state index in [1.807, 2.05) is 32.9 Å². The van der Waals surface area contributed by atoms with Gasteiger partial charge in [-0.05, 0) is 44.7 Å². The molecule has 0 saturated carbocycles. The summed E-state index contributed by atoms with van der Waals surface area (Å²) >= 11 is 0. The van der Waals surface area contributed by atoms with Gasteiger partial charge in [0.2, 0.25) is 0 Å². The number of nitrogens with zero attached hydrogens (tertiary/aromatic N) is 4. The van der Waals surface area contributed by atoms with Crippen molar-refractivity contribution in [1.29, 1.82) is 0 Å². The number of piperazine rings is 1. The minimum Gasteiger partial charge on any atom is -0.444 e. The number of carbonyl (C=O) groups is 2. The second-order valence-corrected chi connectivity index (χ2v) is 8.98. The molecule has 1 saturated heterocycles. The fourth-order valence-electron chi connectivity index (χ4n) is 3.99. The highest BCUT2D eigenvalue weighted by atomic mass is 16.6. The first kappa shape index (κ1) is 21.1. The van der Waals surface area contributed by atoms with Gasteiger partial charge >= 0.3 is 6.09 Å². The van der Waals surface area contributed by atoms with Gasteiger partial charge in [0.05, 0.1) is 18.4 Å². The molecule has 1 aliphatic carbocycles. The summed E-state index contributed by atoms with van der Waals surface area (Å²) in [6, 6.07) is 8.23. The van der Waals surface area contributed by atoms with Crippen molar-refractivity contribution >= 4 is 17.8 Å². The minimum absolute atomic E-state index is 0.0195. The Morgan fingerprint density at radius 3 is 2.48 bits per heavy atom. The van der Waals surface area contributed by atoms with Crippen molar-refractivity contribution in [2.24, 2.45) is 0 Å². The van der Waals surface area contributed by atoms with Gasteiger partial charge in [0.15, 0.2) is 0 Å². The van der Waals surface area contributed by atoms with E-state index in [4.69, 9.17) is 4.74 Å². The zero-order chi connectivity index (χ0) is 22.0. The molecule has 8 nitrogen and oxygen atoms in total. The number of aryl methyl sites for hydroxylation is 1. The summed E-state index contributed by atoms with van der Waals surface area (Å²) in [7, 11) is 0. The maximum atomic E-state index is 12.6. The first-order chi connectivity index (χ1) is 14.8. The zero-order valence-corrected chi connectivity index (χ0v) is 18.3. The van der Waals surface area contributed by atoms with Crippen LogP contribution in [0.5, 0.6) is 0 Å². The Bertz CT molecular complexity index is 946. The maximum Gasteiger partial charge on any atom is 0.410 e. The van der Waals surface area contributed by atoms with Gasteiger partial charge in [0.1, 0.15) is 17.1 Å². The monoisotopic (exact) mass is 423 g/mol. The first-order valence-electron chi connectivity index (χ1n) is 10.7. The van der Waals surface area contributed by atoms with Crippen molar-refractivity contribution < 1.29 is 14.3 Å². The quantitative estimate of drug-likeness (QED) is 0.817. The summed E-state index contributed by atoms with van der Waals surface area (Å²) in [5.74, 6) is 0.488. The number of aromatic nitrogens is 2. The van der Waals surface area contributed by atoms with Gasteiger partial charge in [-0.15, -0.1) is 0 Å². The lowest BCUT2D eigenvalue weighted by molar-refractivity contribution is 0.0240. The predicted octanol–water partition coefficient (Wildman–Crippen LogP) is 2.95. The first-order valence-corrected chi connectivity index (χ1v) is 10.7. The van der Waals surface area contributed by atoms with Gasteiger partial charge in [0.25, 0.3) is 5.91 Å². The topological polar surface area (TPSA) is 87.7 Å². The SMILES string of the molecule is CC(C)(C)OC(=O)N1CCN(c2cnc(C(=O)N[C@@H]3CCc4ccccc43)cn2)CC1. The molecule has 1 aromatic carbocycles. The molecule has 0 unspecified atom stereocenters. The fourth-order valence-corrected chi connectivity index (χ4v) is 3.99. The molecular formula is C23H29N5O3. The lowest BCUT2D eigenvalue weighted by Crippen LogP contribution is -2.50. The number of hydrogen-bond acceptors (Lipinski definition) is 6. The molecule has 4 rings (SSSR count). The van der Waals surface area contributed by atoms with E-state index < -0.39 is 5.60 Å². The van der Waals surface area contributed by atoms with Crippen LogP contribution in [0.3, 0.4) is 0 Å². The normalized spacial score (nSPS) is 18.5. The second-order valence-electron chi connectivity index (χ2n) is 8.98. The molecule has 8 heteroatoms. The predicted molar refractivity (Wildman–Crippen MR) is 117 cm³/mol. The Morgan fingerprint density at radius 2 is 1.81 bits per heavy atom. The van der Waals surface area contributed by atoms with Gasteiger partial charge in [-0.1, -0.05) is 24.3 Å². The molecule has 0 spiro atoms. The number of nitrogens with one attached hydrogen (secondary N) is 1. The van der Waals surface area contributed by atoms with E-state index in [0.717, 1.165) is 12.8 Å². The van der Waals surface area contributed by atoms with Crippen LogP contribution in [0, 0.1) is 0 Å². The van der Waals surface area contributed by atoms with Crippen LogP contribution in [0.15, 0.2) is 36.7 Å². The van der Waals surface area contributed by atoms with E-state index in [0.29, 0.717) is 37.7 Å². The Hall–Kier alpha value is -3.16. The van der Waals surface area contributed by atoms with Crippen LogP contribution in [0.4, 0.5) is 10.6 Å². The van der Waals surface area contributed by atoms with Crippen LogP contribution in [0.25, 0.3) is 0 Å². The average Bonchev–Trinajstić information content (AvgIpc) is 3.16. The largest absolute Gasteiger partial charge is 0.444 e. The van der Waals surface area contributed by atoms with Gasteiger partial charge in [-0.3, -0.25) is 4.79 Å². The van der Waals surface area contributed by atoms with E-state index in [1.165, 1.54) is 17.3 Å². The number of benzene rings is 1. The third-order valence-electron chi connectivity index (χ3n) is 5.56. The number of anilines is 1. The Kier molecular flexibility index (Phi) is 5.80. The summed E-state index contributed by atoms with van der Waals surface area (Å²) < 4.78 is 5.43. The van der Waals surface area contributed by atoms with Gasteiger partial charge < -0.3 is 19.9 Å². The number of carbonyl (C=O) groups excluding carboxylic acids is 2. The van der Waals surface area contributed by atoms with Crippen molar-refractivity contribution in [3.05, 3.63) is 53.5 Å². The van der Waals surface area contributed by atoms with Crippen LogP contribution >= 0.6 is 0 Å². The fraction of sp³-hybridized carbons (Fsp3) is 0.478. The maximum absolute atomic E-state index is 12.6. The second kappa shape index (κ2) is 8.53. The third-order valence-corrected chi connectivity index (χ3v) is 5.56. The standard InChI is InChI=1S/C23H29N5O3/c1-23(2,3)31-22(30)28-12-10-27(11-13-28)20-15-24-19(14-25-20)21(29)26-18-9-8-16-6-4-5-7-17(16)18/h4-7,14-15,18H,8-13H2,1-3H3,(H,26,29)/t18-/m1/s1. The van der Waals surface area contributed by atoms with Crippen LogP contribution in [-0.4, -0.2) is 58.6 Å². The molecule has 0 bridgehead atoms. The van der Waals surface area contributed by atoms with E-state index in [9.17, 15) is 9.59 Å². The van der Waals surface area contributed by atoms with Crippen molar-refractivity contribution in [3.63, 3.8) is 0 Å². The number of fused-ring (bicyclic) bond motifs is 1. The molecule has 2 aromatic rings. The molecule has 31 heavy (non-hydrogen) atoms. The zero-order valence-electron chi connectivity index (χ0n) is 18.3. The molecule has 1 atom stereocenters. The number of rotatable bonds is 3. The van der Waals surface area contributed by atoms with Crippen molar-refractivity contribution in [3.8, 4) is 0 Å². The molecule has 1 aromatic heterocycles. The Labute approximate surface area is 182 Å².